The molecule has 1 spiro atoms. The molecule has 296 valence electrons. The van der Waals surface area contributed by atoms with Gasteiger partial charge in [0.1, 0.15) is 0 Å². The molecule has 0 saturated carbocycles. The van der Waals surface area contributed by atoms with Crippen LogP contribution in [0.4, 0.5) is 17.1 Å². The van der Waals surface area contributed by atoms with Crippen LogP contribution in [0.5, 0.6) is 23.0 Å². The van der Waals surface area contributed by atoms with Gasteiger partial charge >= 0.3 is 0 Å². The zero-order chi connectivity index (χ0) is 41.5. The normalized spacial score (nSPS) is 13.1. The van der Waals surface area contributed by atoms with E-state index in [1.165, 1.54) is 44.5 Å². The first-order valence-electron chi connectivity index (χ1n) is 21.4. The average molecular weight is 824 g/mol. The predicted molar refractivity (Wildman–Crippen MR) is 258 cm³/mol. The Hall–Kier alpha value is -7.92. The molecule has 0 amide bonds. The highest BCUT2D eigenvalue weighted by atomic mass is 32.1. The van der Waals surface area contributed by atoms with Gasteiger partial charge in [0.25, 0.3) is 0 Å². The molecule has 1 aromatic heterocycles. The predicted octanol–water partition coefficient (Wildman–Crippen LogP) is 16.5. The maximum absolute atomic E-state index is 6.69. The molecule has 0 N–H and O–H groups in total. The van der Waals surface area contributed by atoms with Crippen molar-refractivity contribution in [1.29, 1.82) is 0 Å². The summed E-state index contributed by atoms with van der Waals surface area (Å²) in [5.74, 6) is 2.94. The lowest BCUT2D eigenvalue weighted by Gasteiger charge is -2.32. The van der Waals surface area contributed by atoms with E-state index in [0.29, 0.717) is 5.75 Å². The van der Waals surface area contributed by atoms with Crippen molar-refractivity contribution in [2.75, 3.05) is 4.90 Å². The quantitative estimate of drug-likeness (QED) is 0.167. The average Bonchev–Trinajstić information content (AvgIpc) is 3.98. The van der Waals surface area contributed by atoms with Crippen molar-refractivity contribution in [2.45, 2.75) is 5.41 Å². The Morgan fingerprint density at radius 1 is 0.333 bits per heavy atom. The molecule has 63 heavy (non-hydrogen) atoms. The van der Waals surface area contributed by atoms with Crippen LogP contribution in [0.15, 0.2) is 224 Å². The highest BCUT2D eigenvalue weighted by Crippen LogP contribution is 2.64. The number of para-hydroxylation sites is 3. The molecule has 9 aromatic carbocycles. The fourth-order valence-corrected chi connectivity index (χ4v) is 11.5. The summed E-state index contributed by atoms with van der Waals surface area (Å²) in [4.78, 5) is 4.50. The van der Waals surface area contributed by atoms with E-state index in [0.717, 1.165) is 66.3 Å². The second kappa shape index (κ2) is 14.1. The number of rotatable bonds is 6. The molecular formula is C59H37NO2S. The van der Waals surface area contributed by atoms with Crippen LogP contribution < -0.4 is 14.4 Å². The molecule has 0 unspecified atom stereocenters. The van der Waals surface area contributed by atoms with Gasteiger partial charge in [0.2, 0.25) is 0 Å². The third kappa shape index (κ3) is 5.32. The third-order valence-corrected chi connectivity index (χ3v) is 14.2. The minimum absolute atomic E-state index is 0.459. The highest BCUT2D eigenvalue weighted by molar-refractivity contribution is 7.19. The van der Waals surface area contributed by atoms with E-state index in [1.54, 1.807) is 11.3 Å². The van der Waals surface area contributed by atoms with E-state index >= 15 is 0 Å². The summed E-state index contributed by atoms with van der Waals surface area (Å²) in [7, 11) is 0. The molecule has 3 aliphatic rings. The van der Waals surface area contributed by atoms with Crippen molar-refractivity contribution < 1.29 is 9.47 Å². The number of ether oxygens (including phenoxy) is 2. The summed E-state index contributed by atoms with van der Waals surface area (Å²) in [6.07, 6.45) is 0. The largest absolute Gasteiger partial charge is 0.448 e. The molecular weight excluding hydrogens is 787 g/mol. The Labute approximate surface area is 370 Å². The van der Waals surface area contributed by atoms with E-state index in [4.69, 9.17) is 9.47 Å². The Morgan fingerprint density at radius 3 is 1.33 bits per heavy atom. The van der Waals surface area contributed by atoms with E-state index in [9.17, 15) is 0 Å². The molecule has 0 fully saturated rings. The van der Waals surface area contributed by atoms with Crippen molar-refractivity contribution in [2.24, 2.45) is 0 Å². The second-order valence-corrected chi connectivity index (χ2v) is 17.3. The van der Waals surface area contributed by atoms with Gasteiger partial charge in [0, 0.05) is 16.9 Å². The Bertz CT molecular complexity index is 3340. The van der Waals surface area contributed by atoms with Gasteiger partial charge in [-0.05, 0) is 104 Å². The van der Waals surface area contributed by atoms with Crippen molar-refractivity contribution in [3.8, 4) is 77.3 Å². The Balaban J connectivity index is 1.01. The smallest absolute Gasteiger partial charge is 0.189 e. The number of anilines is 3. The van der Waals surface area contributed by atoms with E-state index in [1.807, 2.05) is 30.3 Å². The zero-order valence-corrected chi connectivity index (χ0v) is 34.9. The van der Waals surface area contributed by atoms with Crippen molar-refractivity contribution in [3.63, 3.8) is 0 Å². The first-order valence-corrected chi connectivity index (χ1v) is 22.2. The first kappa shape index (κ1) is 35.8. The minimum atomic E-state index is -0.459. The summed E-state index contributed by atoms with van der Waals surface area (Å²) in [6, 6.07) is 80.9. The molecule has 0 radical (unpaired) electrons. The van der Waals surface area contributed by atoms with E-state index in [-0.39, 0.29) is 0 Å². The number of nitrogens with zero attached hydrogens (tertiary/aromatic N) is 1. The standard InChI is InChI=1S/C59H37NO2S/c1-3-17-38(18-4-1)43-21-10-14-28-52(43)60(41-33-31-40(32-34-41)58-56-55(57(63-58)39-19-5-2-6-20-39)61-53-29-15-16-30-54(53)62-56)42-35-36-47-46-24-9-13-27-50(46)59(51(47)37-42)48-25-11-7-22-44(48)45-23-8-12-26-49(45)59/h1-37H. The lowest BCUT2D eigenvalue weighted by Crippen LogP contribution is -2.26. The van der Waals surface area contributed by atoms with E-state index in [2.05, 4.69) is 199 Å². The lowest BCUT2D eigenvalue weighted by molar-refractivity contribution is 0.364. The Morgan fingerprint density at radius 2 is 0.762 bits per heavy atom. The van der Waals surface area contributed by atoms with Gasteiger partial charge in [0.15, 0.2) is 23.0 Å². The number of hydrogen-bond donors (Lipinski definition) is 0. The summed E-state index contributed by atoms with van der Waals surface area (Å²) >= 11 is 1.70. The summed E-state index contributed by atoms with van der Waals surface area (Å²) in [6.45, 7) is 0. The Kier molecular flexibility index (Phi) is 7.99. The number of hydrogen-bond acceptors (Lipinski definition) is 4. The zero-order valence-electron chi connectivity index (χ0n) is 34.0. The van der Waals surface area contributed by atoms with Crippen LogP contribution in [0.25, 0.3) is 54.3 Å². The lowest BCUT2D eigenvalue weighted by atomic mass is 9.70. The van der Waals surface area contributed by atoms with Gasteiger partial charge in [-0.2, -0.15) is 0 Å². The monoisotopic (exact) mass is 823 g/mol. The molecule has 10 aromatic rings. The fraction of sp³-hybridized carbons (Fsp3) is 0.0169. The summed E-state index contributed by atoms with van der Waals surface area (Å²) in [5.41, 5.74) is 17.7. The summed E-state index contributed by atoms with van der Waals surface area (Å²) in [5, 5.41) is 0. The molecule has 2 heterocycles. The number of benzene rings is 9. The molecule has 0 bridgehead atoms. The maximum atomic E-state index is 6.69. The molecule has 0 atom stereocenters. The molecule has 3 nitrogen and oxygen atoms in total. The molecule has 4 heteroatoms. The van der Waals surface area contributed by atoms with Gasteiger partial charge in [-0.25, -0.2) is 0 Å². The van der Waals surface area contributed by atoms with Crippen LogP contribution >= 0.6 is 11.3 Å². The molecule has 1 aliphatic heterocycles. The van der Waals surface area contributed by atoms with Crippen LogP contribution in [0.1, 0.15) is 22.3 Å². The van der Waals surface area contributed by atoms with Gasteiger partial charge in [-0.3, -0.25) is 0 Å². The third-order valence-electron chi connectivity index (χ3n) is 13.0. The summed E-state index contributed by atoms with van der Waals surface area (Å²) < 4.78 is 13.3. The van der Waals surface area contributed by atoms with Gasteiger partial charge < -0.3 is 14.4 Å². The van der Waals surface area contributed by atoms with Crippen LogP contribution in [-0.4, -0.2) is 0 Å². The van der Waals surface area contributed by atoms with Crippen LogP contribution in [0.2, 0.25) is 0 Å². The van der Waals surface area contributed by atoms with Crippen molar-refractivity contribution >= 4 is 28.4 Å². The highest BCUT2D eigenvalue weighted by Gasteiger charge is 2.51. The minimum Gasteiger partial charge on any atom is -0.448 e. The van der Waals surface area contributed by atoms with Crippen LogP contribution in [0.3, 0.4) is 0 Å². The SMILES string of the molecule is c1ccc(-c2ccccc2N(c2ccc(-c3sc(-c4ccccc4)c4c3Oc3ccccc3O4)cc2)c2ccc3c(c2)C2(c4ccccc4-c4ccccc42)c2ccccc2-3)cc1. The van der Waals surface area contributed by atoms with Crippen molar-refractivity contribution in [1.82, 2.24) is 0 Å². The molecule has 2 aliphatic carbocycles. The van der Waals surface area contributed by atoms with Crippen LogP contribution in [0, 0.1) is 0 Å². The number of fused-ring (bicyclic) bond motifs is 12. The second-order valence-electron chi connectivity index (χ2n) is 16.3. The van der Waals surface area contributed by atoms with Gasteiger partial charge in [0.05, 0.1) is 20.9 Å². The van der Waals surface area contributed by atoms with Crippen LogP contribution in [-0.2, 0) is 5.41 Å². The van der Waals surface area contributed by atoms with Gasteiger partial charge in [-0.1, -0.05) is 182 Å². The number of thiophene rings is 1. The molecule has 0 saturated heterocycles. The molecule has 13 rings (SSSR count). The van der Waals surface area contributed by atoms with Gasteiger partial charge in [-0.15, -0.1) is 11.3 Å². The topological polar surface area (TPSA) is 21.7 Å². The fourth-order valence-electron chi connectivity index (χ4n) is 10.3. The first-order chi connectivity index (χ1) is 31.3. The maximum Gasteiger partial charge on any atom is 0.189 e. The van der Waals surface area contributed by atoms with E-state index < -0.39 is 5.41 Å². The van der Waals surface area contributed by atoms with Crippen molar-refractivity contribution in [3.05, 3.63) is 247 Å².